The molecule has 0 amide bonds. The maximum atomic E-state index is 14.5. The third-order valence-corrected chi connectivity index (χ3v) is 6.65. The van der Waals surface area contributed by atoms with E-state index in [4.69, 9.17) is 21.5 Å². The van der Waals surface area contributed by atoms with Crippen molar-refractivity contribution in [1.29, 1.82) is 0 Å². The van der Waals surface area contributed by atoms with Crippen molar-refractivity contribution < 1.29 is 17.5 Å². The first kappa shape index (κ1) is 21.5. The van der Waals surface area contributed by atoms with Crippen molar-refractivity contribution in [2.75, 3.05) is 0 Å². The lowest BCUT2D eigenvalue weighted by Gasteiger charge is -2.05. The van der Waals surface area contributed by atoms with Crippen LogP contribution in [0.3, 0.4) is 0 Å². The Morgan fingerprint density at radius 2 is 1.77 bits per heavy atom. The summed E-state index contributed by atoms with van der Waals surface area (Å²) in [5.41, 5.74) is 1.49. The summed E-state index contributed by atoms with van der Waals surface area (Å²) in [6, 6.07) is 19.4. The SMILES string of the molecule is NS(=O)(=O)c1ccc(-c2sc(COc3cccc(Cl)c3)nc2-c2ccccc2F)cc1. The number of aromatic nitrogens is 1. The fourth-order valence-corrected chi connectivity index (χ4v) is 4.65. The van der Waals surface area contributed by atoms with E-state index in [2.05, 4.69) is 4.98 Å². The Kier molecular flexibility index (Phi) is 6.06. The molecule has 0 aliphatic carbocycles. The van der Waals surface area contributed by atoms with Crippen LogP contribution in [0.5, 0.6) is 5.75 Å². The van der Waals surface area contributed by atoms with Crippen LogP contribution in [0.15, 0.2) is 77.7 Å². The van der Waals surface area contributed by atoms with Crippen LogP contribution < -0.4 is 9.88 Å². The molecule has 0 spiro atoms. The number of sulfonamides is 1. The first-order chi connectivity index (χ1) is 14.8. The Hall–Kier alpha value is -2.78. The summed E-state index contributed by atoms with van der Waals surface area (Å²) in [6.07, 6.45) is 0. The van der Waals surface area contributed by atoms with E-state index in [1.807, 2.05) is 0 Å². The van der Waals surface area contributed by atoms with Crippen molar-refractivity contribution >= 4 is 33.0 Å². The van der Waals surface area contributed by atoms with E-state index in [0.717, 1.165) is 0 Å². The zero-order valence-corrected chi connectivity index (χ0v) is 18.3. The average molecular weight is 475 g/mol. The molecule has 0 unspecified atom stereocenters. The number of thiazole rings is 1. The second-order valence-corrected chi connectivity index (χ2v) is 9.66. The van der Waals surface area contributed by atoms with Gasteiger partial charge in [-0.25, -0.2) is 22.9 Å². The van der Waals surface area contributed by atoms with Crippen molar-refractivity contribution in [3.63, 3.8) is 0 Å². The van der Waals surface area contributed by atoms with E-state index < -0.39 is 15.8 Å². The minimum Gasteiger partial charge on any atom is -0.486 e. The molecule has 0 saturated carbocycles. The minimum absolute atomic E-state index is 0.00211. The fourth-order valence-electron chi connectivity index (χ4n) is 2.96. The third kappa shape index (κ3) is 4.94. The minimum atomic E-state index is -3.81. The molecular formula is C22H16ClFN2O3S2. The number of nitrogens with zero attached hydrogens (tertiary/aromatic N) is 1. The lowest BCUT2D eigenvalue weighted by Crippen LogP contribution is -2.11. The Labute approximate surface area is 188 Å². The zero-order chi connectivity index (χ0) is 22.0. The highest BCUT2D eigenvalue weighted by Crippen LogP contribution is 2.38. The van der Waals surface area contributed by atoms with Gasteiger partial charge in [0.1, 0.15) is 23.2 Å². The maximum Gasteiger partial charge on any atom is 0.238 e. The van der Waals surface area contributed by atoms with E-state index in [1.54, 1.807) is 54.6 Å². The van der Waals surface area contributed by atoms with Crippen LogP contribution in [0.4, 0.5) is 4.39 Å². The standard InChI is InChI=1S/C22H16ClFN2O3S2/c23-15-4-3-5-16(12-15)29-13-20-26-21(18-6-1-2-7-19(18)24)22(30-20)14-8-10-17(11-9-14)31(25,27)28/h1-12H,13H2,(H2,25,27,28). The van der Waals surface area contributed by atoms with Crippen molar-refractivity contribution in [2.24, 2.45) is 5.14 Å². The van der Waals surface area contributed by atoms with Gasteiger partial charge >= 0.3 is 0 Å². The van der Waals surface area contributed by atoms with Gasteiger partial charge in [0.05, 0.1) is 15.5 Å². The number of primary sulfonamides is 1. The molecule has 1 heterocycles. The van der Waals surface area contributed by atoms with Crippen molar-refractivity contribution in [3.05, 3.63) is 88.6 Å². The number of hydrogen-bond acceptors (Lipinski definition) is 5. The Bertz CT molecular complexity index is 1340. The van der Waals surface area contributed by atoms with Crippen LogP contribution in [0.25, 0.3) is 21.7 Å². The van der Waals surface area contributed by atoms with Gasteiger partial charge in [0, 0.05) is 10.6 Å². The van der Waals surface area contributed by atoms with E-state index in [1.165, 1.54) is 29.5 Å². The highest BCUT2D eigenvalue weighted by atomic mass is 35.5. The van der Waals surface area contributed by atoms with Crippen LogP contribution in [-0.2, 0) is 16.6 Å². The molecule has 3 aromatic carbocycles. The molecule has 5 nitrogen and oxygen atoms in total. The first-order valence-electron chi connectivity index (χ1n) is 9.07. The molecule has 0 atom stereocenters. The highest BCUT2D eigenvalue weighted by Gasteiger charge is 2.19. The number of ether oxygens (including phenoxy) is 1. The first-order valence-corrected chi connectivity index (χ1v) is 11.8. The second-order valence-electron chi connectivity index (χ2n) is 6.58. The second kappa shape index (κ2) is 8.76. The molecule has 0 fully saturated rings. The molecule has 31 heavy (non-hydrogen) atoms. The van der Waals surface area contributed by atoms with Crippen LogP contribution >= 0.6 is 22.9 Å². The maximum absolute atomic E-state index is 14.5. The van der Waals surface area contributed by atoms with Crippen LogP contribution in [0, 0.1) is 5.82 Å². The van der Waals surface area contributed by atoms with Crippen molar-refractivity contribution in [3.8, 4) is 27.4 Å². The molecule has 0 aliphatic heterocycles. The Morgan fingerprint density at radius 3 is 2.45 bits per heavy atom. The fraction of sp³-hybridized carbons (Fsp3) is 0.0455. The number of halogens is 2. The van der Waals surface area contributed by atoms with Gasteiger partial charge in [0.25, 0.3) is 0 Å². The van der Waals surface area contributed by atoms with Gasteiger partial charge < -0.3 is 4.74 Å². The van der Waals surface area contributed by atoms with E-state index >= 15 is 0 Å². The summed E-state index contributed by atoms with van der Waals surface area (Å²) in [4.78, 5) is 5.29. The van der Waals surface area contributed by atoms with Gasteiger partial charge in [-0.2, -0.15) is 0 Å². The topological polar surface area (TPSA) is 82.3 Å². The van der Waals surface area contributed by atoms with Crippen molar-refractivity contribution in [1.82, 2.24) is 4.98 Å². The van der Waals surface area contributed by atoms with Gasteiger partial charge in [-0.1, -0.05) is 41.9 Å². The van der Waals surface area contributed by atoms with Gasteiger partial charge in [-0.15, -0.1) is 11.3 Å². The predicted molar refractivity (Wildman–Crippen MR) is 120 cm³/mol. The number of nitrogens with two attached hydrogens (primary N) is 1. The summed E-state index contributed by atoms with van der Waals surface area (Å²) >= 11 is 7.33. The summed E-state index contributed by atoms with van der Waals surface area (Å²) in [5.74, 6) is 0.187. The zero-order valence-electron chi connectivity index (χ0n) is 16.0. The molecule has 4 aromatic rings. The molecular weight excluding hydrogens is 459 g/mol. The molecule has 2 N–H and O–H groups in total. The lowest BCUT2D eigenvalue weighted by atomic mass is 10.1. The predicted octanol–water partition coefficient (Wildman–Crippen LogP) is 5.50. The number of benzene rings is 3. The van der Waals surface area contributed by atoms with Crippen LogP contribution in [0.2, 0.25) is 5.02 Å². The van der Waals surface area contributed by atoms with Crippen molar-refractivity contribution in [2.45, 2.75) is 11.5 Å². The molecule has 0 saturated heterocycles. The van der Waals surface area contributed by atoms with Gasteiger partial charge in [-0.05, 0) is 48.0 Å². The summed E-state index contributed by atoms with van der Waals surface area (Å²) < 4.78 is 43.4. The van der Waals surface area contributed by atoms with Gasteiger partial charge in [-0.3, -0.25) is 0 Å². The smallest absolute Gasteiger partial charge is 0.238 e. The molecule has 0 bridgehead atoms. The monoisotopic (exact) mass is 474 g/mol. The number of hydrogen-bond donors (Lipinski definition) is 1. The molecule has 0 radical (unpaired) electrons. The molecule has 1 aromatic heterocycles. The van der Waals surface area contributed by atoms with Gasteiger partial charge in [0.2, 0.25) is 10.0 Å². The van der Waals surface area contributed by atoms with Crippen LogP contribution in [-0.4, -0.2) is 13.4 Å². The molecule has 9 heteroatoms. The Morgan fingerprint density at radius 1 is 1.03 bits per heavy atom. The summed E-state index contributed by atoms with van der Waals surface area (Å²) in [5, 5.41) is 6.37. The highest BCUT2D eigenvalue weighted by molar-refractivity contribution is 7.89. The van der Waals surface area contributed by atoms with E-state index in [-0.39, 0.29) is 11.5 Å². The largest absolute Gasteiger partial charge is 0.486 e. The number of rotatable bonds is 6. The summed E-state index contributed by atoms with van der Waals surface area (Å²) in [7, 11) is -3.81. The molecule has 158 valence electrons. The summed E-state index contributed by atoms with van der Waals surface area (Å²) in [6.45, 7) is 0.168. The van der Waals surface area contributed by atoms with E-state index in [9.17, 15) is 12.8 Å². The average Bonchev–Trinajstić information content (AvgIpc) is 3.16. The molecule has 0 aliphatic rings. The van der Waals surface area contributed by atoms with E-state index in [0.29, 0.717) is 37.5 Å². The normalized spacial score (nSPS) is 11.5. The third-order valence-electron chi connectivity index (χ3n) is 4.40. The quantitative estimate of drug-likeness (QED) is 0.400. The lowest BCUT2D eigenvalue weighted by molar-refractivity contribution is 0.305. The Balaban J connectivity index is 1.73. The van der Waals surface area contributed by atoms with Gasteiger partial charge in [0.15, 0.2) is 0 Å². The molecule has 4 rings (SSSR count). The van der Waals surface area contributed by atoms with Crippen LogP contribution in [0.1, 0.15) is 5.01 Å².